The van der Waals surface area contributed by atoms with Crippen molar-refractivity contribution in [3.05, 3.63) is 51.7 Å². The van der Waals surface area contributed by atoms with E-state index in [-0.39, 0.29) is 30.9 Å². The first kappa shape index (κ1) is 20.6. The van der Waals surface area contributed by atoms with Gasteiger partial charge in [-0.3, -0.25) is 4.79 Å². The van der Waals surface area contributed by atoms with Gasteiger partial charge in [-0.15, -0.1) is 0 Å². The minimum absolute atomic E-state index is 0.0103. The van der Waals surface area contributed by atoms with Crippen molar-refractivity contribution >= 4 is 28.9 Å². The third kappa shape index (κ3) is 3.99. The first-order valence-corrected chi connectivity index (χ1v) is 10.5. The number of aliphatic imine (C=N–C) groups is 1. The van der Waals surface area contributed by atoms with E-state index in [0.717, 1.165) is 31.4 Å². The topological polar surface area (TPSA) is 77.8 Å². The van der Waals surface area contributed by atoms with Crippen LogP contribution in [0, 0.1) is 11.2 Å². The summed E-state index contributed by atoms with van der Waals surface area (Å²) in [5, 5.41) is 12.1. The predicted molar refractivity (Wildman–Crippen MR) is 115 cm³/mol. The summed E-state index contributed by atoms with van der Waals surface area (Å²) in [5.41, 5.74) is 2.70. The molecular formula is C22H24ClFN4O2. The number of nitrogens with one attached hydrogen (secondary N) is 2. The van der Waals surface area contributed by atoms with E-state index >= 15 is 0 Å². The molecule has 1 aromatic carbocycles. The van der Waals surface area contributed by atoms with Crippen LogP contribution in [0.15, 0.2) is 45.3 Å². The molecule has 0 aromatic heterocycles. The number of nitrogens with zero attached hydrogens (tertiary/aromatic N) is 2. The summed E-state index contributed by atoms with van der Waals surface area (Å²) >= 11 is 6.19. The van der Waals surface area contributed by atoms with Crippen LogP contribution in [0.4, 0.5) is 4.39 Å². The lowest BCUT2D eigenvalue weighted by molar-refractivity contribution is 0.0796. The highest BCUT2D eigenvalue weighted by Gasteiger charge is 2.32. The molecule has 30 heavy (non-hydrogen) atoms. The van der Waals surface area contributed by atoms with Gasteiger partial charge in [0, 0.05) is 17.3 Å². The van der Waals surface area contributed by atoms with E-state index in [9.17, 15) is 9.18 Å². The number of amides is 1. The standard InChI is InChI=1S/C22H24ClFN4O2/c1-12-20(23)13(2)27-21(26-12)17-10-28(11-18(17)25)22(29)16-8-7-14(24)9-19(16)30-15-5-3-4-6-15/h7-9,15,25-26H,3-6,10-11H2,1-2H3/b21-17+,25-18?. The van der Waals surface area contributed by atoms with E-state index < -0.39 is 5.82 Å². The summed E-state index contributed by atoms with van der Waals surface area (Å²) in [6, 6.07) is 4.01. The van der Waals surface area contributed by atoms with Crippen LogP contribution in [0.1, 0.15) is 49.9 Å². The molecule has 2 fully saturated rings. The van der Waals surface area contributed by atoms with Crippen molar-refractivity contribution in [2.75, 3.05) is 13.1 Å². The Morgan fingerprint density at radius 3 is 2.73 bits per heavy atom. The third-order valence-electron chi connectivity index (χ3n) is 5.64. The quantitative estimate of drug-likeness (QED) is 0.747. The van der Waals surface area contributed by atoms with E-state index in [1.165, 1.54) is 18.2 Å². The zero-order valence-corrected chi connectivity index (χ0v) is 17.8. The Hall–Kier alpha value is -2.67. The smallest absolute Gasteiger partial charge is 0.258 e. The van der Waals surface area contributed by atoms with Crippen molar-refractivity contribution in [3.8, 4) is 5.75 Å². The molecular weight excluding hydrogens is 407 g/mol. The third-order valence-corrected chi connectivity index (χ3v) is 6.19. The van der Waals surface area contributed by atoms with Crippen molar-refractivity contribution in [1.82, 2.24) is 10.2 Å². The summed E-state index contributed by atoms with van der Waals surface area (Å²) < 4.78 is 19.8. The number of hydrogen-bond donors (Lipinski definition) is 2. The van der Waals surface area contributed by atoms with Crippen molar-refractivity contribution in [2.24, 2.45) is 4.99 Å². The second-order valence-electron chi connectivity index (χ2n) is 7.89. The largest absolute Gasteiger partial charge is 0.489 e. The molecule has 1 saturated heterocycles. The number of carbonyl (C=O) groups excluding carboxylic acids is 1. The Kier molecular flexibility index (Phi) is 5.64. The van der Waals surface area contributed by atoms with Crippen LogP contribution in [0.25, 0.3) is 0 Å². The highest BCUT2D eigenvalue weighted by Crippen LogP contribution is 2.30. The molecule has 0 spiro atoms. The van der Waals surface area contributed by atoms with Gasteiger partial charge in [0.1, 0.15) is 17.4 Å². The first-order valence-electron chi connectivity index (χ1n) is 10.1. The van der Waals surface area contributed by atoms with Gasteiger partial charge in [0.25, 0.3) is 5.91 Å². The Labute approximate surface area is 180 Å². The van der Waals surface area contributed by atoms with E-state index in [0.29, 0.717) is 33.4 Å². The molecule has 1 amide bonds. The van der Waals surface area contributed by atoms with Crippen molar-refractivity contribution in [3.63, 3.8) is 0 Å². The van der Waals surface area contributed by atoms with Gasteiger partial charge in [0.15, 0.2) is 0 Å². The number of benzene rings is 1. The highest BCUT2D eigenvalue weighted by atomic mass is 35.5. The number of ether oxygens (including phenoxy) is 1. The van der Waals surface area contributed by atoms with Crippen LogP contribution < -0.4 is 10.1 Å². The Bertz CT molecular complexity index is 1010. The Morgan fingerprint density at radius 2 is 2.03 bits per heavy atom. The normalized spacial score (nSPS) is 22.5. The summed E-state index contributed by atoms with van der Waals surface area (Å²) in [7, 11) is 0. The lowest BCUT2D eigenvalue weighted by Crippen LogP contribution is -2.30. The van der Waals surface area contributed by atoms with Gasteiger partial charge in [0.2, 0.25) is 0 Å². The van der Waals surface area contributed by atoms with Crippen molar-refractivity contribution in [2.45, 2.75) is 45.6 Å². The van der Waals surface area contributed by atoms with Crippen LogP contribution in [-0.2, 0) is 0 Å². The summed E-state index contributed by atoms with van der Waals surface area (Å²) in [4.78, 5) is 19.2. The second-order valence-corrected chi connectivity index (χ2v) is 8.27. The fourth-order valence-electron chi connectivity index (χ4n) is 4.01. The van der Waals surface area contributed by atoms with Gasteiger partial charge in [-0.25, -0.2) is 9.38 Å². The fourth-order valence-corrected chi connectivity index (χ4v) is 4.10. The van der Waals surface area contributed by atoms with Crippen LogP contribution in [-0.4, -0.2) is 41.4 Å². The number of halogens is 2. The van der Waals surface area contributed by atoms with Gasteiger partial charge in [-0.2, -0.15) is 0 Å². The maximum absolute atomic E-state index is 13.8. The number of likely N-dealkylation sites (tertiary alicyclic amines) is 1. The summed E-state index contributed by atoms with van der Waals surface area (Å²) in [5.74, 6) is 0.0861. The summed E-state index contributed by atoms with van der Waals surface area (Å²) in [6.45, 7) is 4.04. The molecule has 2 aliphatic heterocycles. The lowest BCUT2D eigenvalue weighted by Gasteiger charge is -2.20. The molecule has 4 rings (SSSR count). The minimum atomic E-state index is -0.438. The molecule has 158 valence electrons. The zero-order chi connectivity index (χ0) is 21.4. The molecule has 1 aromatic rings. The minimum Gasteiger partial charge on any atom is -0.489 e. The molecule has 0 atom stereocenters. The SMILES string of the molecule is CC1=N/C(=C2\CN(C(=O)c3ccc(F)cc3OC3CCCC3)CC2=N)NC(C)=C1Cl. The van der Waals surface area contributed by atoms with E-state index in [2.05, 4.69) is 10.3 Å². The van der Waals surface area contributed by atoms with Gasteiger partial charge >= 0.3 is 0 Å². The van der Waals surface area contributed by atoms with Crippen LogP contribution in [0.5, 0.6) is 5.75 Å². The van der Waals surface area contributed by atoms with Gasteiger partial charge < -0.3 is 20.4 Å². The number of allylic oxidation sites excluding steroid dienone is 2. The fraction of sp³-hybridized carbons (Fsp3) is 0.409. The van der Waals surface area contributed by atoms with E-state index in [1.807, 2.05) is 6.92 Å². The second kappa shape index (κ2) is 8.22. The molecule has 0 bridgehead atoms. The van der Waals surface area contributed by atoms with Crippen LogP contribution in [0.2, 0.25) is 0 Å². The zero-order valence-electron chi connectivity index (χ0n) is 17.0. The molecule has 8 heteroatoms. The van der Waals surface area contributed by atoms with Crippen molar-refractivity contribution in [1.29, 1.82) is 5.41 Å². The monoisotopic (exact) mass is 430 g/mol. The average Bonchev–Trinajstić information content (AvgIpc) is 3.35. The van der Waals surface area contributed by atoms with Gasteiger partial charge in [0.05, 0.1) is 41.2 Å². The molecule has 1 aliphatic carbocycles. The highest BCUT2D eigenvalue weighted by molar-refractivity contribution is 6.43. The lowest BCUT2D eigenvalue weighted by atomic mass is 10.1. The number of hydrogen-bond acceptors (Lipinski definition) is 5. The van der Waals surface area contributed by atoms with Crippen LogP contribution >= 0.6 is 11.6 Å². The van der Waals surface area contributed by atoms with Crippen molar-refractivity contribution < 1.29 is 13.9 Å². The van der Waals surface area contributed by atoms with E-state index in [4.69, 9.17) is 21.7 Å². The summed E-state index contributed by atoms with van der Waals surface area (Å²) in [6.07, 6.45) is 3.99. The van der Waals surface area contributed by atoms with E-state index in [1.54, 1.807) is 11.8 Å². The van der Waals surface area contributed by atoms with Gasteiger partial charge in [-0.05, 0) is 51.7 Å². The Morgan fingerprint density at radius 1 is 1.30 bits per heavy atom. The first-order chi connectivity index (χ1) is 14.3. The molecule has 2 heterocycles. The molecule has 6 nitrogen and oxygen atoms in total. The maximum Gasteiger partial charge on any atom is 0.258 e. The molecule has 0 unspecified atom stereocenters. The molecule has 1 saturated carbocycles. The Balaban J connectivity index is 1.58. The number of carbonyl (C=O) groups is 1. The molecule has 2 N–H and O–H groups in total. The average molecular weight is 431 g/mol. The molecule has 3 aliphatic rings. The van der Waals surface area contributed by atoms with Crippen LogP contribution in [0.3, 0.4) is 0 Å². The maximum atomic E-state index is 13.8. The van der Waals surface area contributed by atoms with Gasteiger partial charge in [-0.1, -0.05) is 11.6 Å². The predicted octanol–water partition coefficient (Wildman–Crippen LogP) is 4.37. The molecule has 0 radical (unpaired) electrons. The number of rotatable bonds is 3.